The summed E-state index contributed by atoms with van der Waals surface area (Å²) >= 11 is 6.02. The maximum Gasteiger partial charge on any atom is 0.142 e. The summed E-state index contributed by atoms with van der Waals surface area (Å²) in [6.45, 7) is 3.52. The van der Waals surface area contributed by atoms with Crippen LogP contribution in [0.2, 0.25) is 5.02 Å². The van der Waals surface area contributed by atoms with Crippen LogP contribution in [0.25, 0.3) is 0 Å². The topological polar surface area (TPSA) is 12.0 Å². The molecule has 0 radical (unpaired) electrons. The van der Waals surface area contributed by atoms with Gasteiger partial charge in [0.05, 0.1) is 5.02 Å². The van der Waals surface area contributed by atoms with E-state index in [0.717, 1.165) is 17.7 Å². The quantitative estimate of drug-likeness (QED) is 0.825. The Balaban J connectivity index is 2.26. The van der Waals surface area contributed by atoms with Crippen LogP contribution in [0.4, 0.5) is 8.78 Å². The Labute approximate surface area is 128 Å². The lowest BCUT2D eigenvalue weighted by molar-refractivity contribution is 0.579. The highest BCUT2D eigenvalue weighted by Crippen LogP contribution is 2.27. The lowest BCUT2D eigenvalue weighted by Gasteiger charge is -2.19. The number of nitrogens with one attached hydrogen (secondary N) is 1. The summed E-state index contributed by atoms with van der Waals surface area (Å²) in [6, 6.07) is 11.3. The highest BCUT2D eigenvalue weighted by molar-refractivity contribution is 6.31. The molecular weight excluding hydrogens is 292 g/mol. The molecule has 112 valence electrons. The second kappa shape index (κ2) is 7.53. The second-order valence-corrected chi connectivity index (χ2v) is 5.35. The molecule has 0 amide bonds. The molecule has 0 aromatic heterocycles. The first-order valence-corrected chi connectivity index (χ1v) is 7.38. The largest absolute Gasteiger partial charge is 0.316 e. The summed E-state index contributed by atoms with van der Waals surface area (Å²) < 4.78 is 27.0. The normalized spacial score (nSPS) is 12.4. The van der Waals surface area contributed by atoms with Crippen molar-refractivity contribution in [1.29, 1.82) is 0 Å². The van der Waals surface area contributed by atoms with Gasteiger partial charge in [-0.1, -0.05) is 42.8 Å². The smallest absolute Gasteiger partial charge is 0.142 e. The van der Waals surface area contributed by atoms with E-state index in [2.05, 4.69) is 5.32 Å². The lowest BCUT2D eigenvalue weighted by Crippen LogP contribution is -2.23. The highest BCUT2D eigenvalue weighted by atomic mass is 35.5. The van der Waals surface area contributed by atoms with Crippen molar-refractivity contribution in [2.45, 2.75) is 19.3 Å². The van der Waals surface area contributed by atoms with Gasteiger partial charge in [0.1, 0.15) is 11.6 Å². The number of likely N-dealkylation sites (N-methyl/N-ethyl adjacent to an activating group) is 1. The van der Waals surface area contributed by atoms with Crippen molar-refractivity contribution in [2.75, 3.05) is 13.1 Å². The molecule has 2 rings (SSSR count). The van der Waals surface area contributed by atoms with Gasteiger partial charge in [-0.2, -0.15) is 0 Å². The molecule has 0 aliphatic rings. The van der Waals surface area contributed by atoms with Crippen molar-refractivity contribution in [3.05, 3.63) is 70.2 Å². The van der Waals surface area contributed by atoms with Crippen molar-refractivity contribution >= 4 is 11.6 Å². The average Bonchev–Trinajstić information content (AvgIpc) is 2.47. The van der Waals surface area contributed by atoms with E-state index in [9.17, 15) is 8.78 Å². The van der Waals surface area contributed by atoms with E-state index >= 15 is 0 Å². The Hall–Kier alpha value is -1.45. The van der Waals surface area contributed by atoms with Crippen LogP contribution in [0.5, 0.6) is 0 Å². The third kappa shape index (κ3) is 4.26. The molecule has 0 aliphatic carbocycles. The molecule has 1 N–H and O–H groups in total. The van der Waals surface area contributed by atoms with Crippen LogP contribution in [0.1, 0.15) is 24.0 Å². The first kappa shape index (κ1) is 15.9. The Morgan fingerprint density at radius 3 is 2.62 bits per heavy atom. The van der Waals surface area contributed by atoms with Crippen LogP contribution < -0.4 is 5.32 Å². The predicted octanol–water partition coefficient (Wildman–Crippen LogP) is 4.55. The van der Waals surface area contributed by atoms with Crippen molar-refractivity contribution in [1.82, 2.24) is 5.32 Å². The number of benzene rings is 2. The van der Waals surface area contributed by atoms with Crippen molar-refractivity contribution in [2.24, 2.45) is 0 Å². The minimum Gasteiger partial charge on any atom is -0.316 e. The fraction of sp³-hybridized carbons (Fsp3) is 0.294. The molecular formula is C17H18ClF2N. The van der Waals surface area contributed by atoms with Crippen molar-refractivity contribution in [3.63, 3.8) is 0 Å². The Kier molecular flexibility index (Phi) is 5.71. The predicted molar refractivity (Wildman–Crippen MR) is 82.8 cm³/mol. The third-order valence-electron chi connectivity index (χ3n) is 3.46. The zero-order valence-electron chi connectivity index (χ0n) is 11.9. The summed E-state index contributed by atoms with van der Waals surface area (Å²) in [6.07, 6.45) is 0.563. The standard InChI is InChI=1S/C17H18ClF2N/c1-2-21-11-14(12-5-3-7-15(19)10-12)9-13-6-4-8-16(20)17(13)18/h3-8,10,14,21H,2,9,11H2,1H3. The maximum absolute atomic E-state index is 13.5. The maximum atomic E-state index is 13.5. The summed E-state index contributed by atoms with van der Waals surface area (Å²) in [4.78, 5) is 0. The molecule has 0 bridgehead atoms. The van der Waals surface area contributed by atoms with Gasteiger partial charge in [-0.05, 0) is 42.3 Å². The minimum atomic E-state index is -0.421. The Bertz CT molecular complexity index is 601. The van der Waals surface area contributed by atoms with Crippen LogP contribution in [0.3, 0.4) is 0 Å². The zero-order chi connectivity index (χ0) is 15.2. The fourth-order valence-electron chi connectivity index (χ4n) is 2.36. The van der Waals surface area contributed by atoms with Gasteiger partial charge in [-0.3, -0.25) is 0 Å². The highest BCUT2D eigenvalue weighted by Gasteiger charge is 2.16. The van der Waals surface area contributed by atoms with E-state index in [0.29, 0.717) is 13.0 Å². The monoisotopic (exact) mass is 309 g/mol. The van der Waals surface area contributed by atoms with E-state index in [1.807, 2.05) is 19.1 Å². The molecule has 0 aliphatic heterocycles. The molecule has 2 aromatic rings. The summed E-state index contributed by atoms with van der Waals surface area (Å²) in [5.74, 6) is -0.644. The number of hydrogen-bond acceptors (Lipinski definition) is 1. The molecule has 0 saturated carbocycles. The van der Waals surface area contributed by atoms with Crippen molar-refractivity contribution < 1.29 is 8.78 Å². The van der Waals surface area contributed by atoms with E-state index in [4.69, 9.17) is 11.6 Å². The Morgan fingerprint density at radius 1 is 1.14 bits per heavy atom. The van der Waals surface area contributed by atoms with Crippen LogP contribution in [-0.2, 0) is 6.42 Å². The van der Waals surface area contributed by atoms with E-state index < -0.39 is 5.82 Å². The van der Waals surface area contributed by atoms with Crippen molar-refractivity contribution in [3.8, 4) is 0 Å². The van der Waals surface area contributed by atoms with Crippen LogP contribution in [-0.4, -0.2) is 13.1 Å². The average molecular weight is 310 g/mol. The van der Waals surface area contributed by atoms with Crippen LogP contribution in [0.15, 0.2) is 42.5 Å². The molecule has 21 heavy (non-hydrogen) atoms. The number of halogens is 3. The Morgan fingerprint density at radius 2 is 1.90 bits per heavy atom. The van der Waals surface area contributed by atoms with Gasteiger partial charge in [0.2, 0.25) is 0 Å². The van der Waals surface area contributed by atoms with E-state index in [1.165, 1.54) is 18.2 Å². The van der Waals surface area contributed by atoms with Gasteiger partial charge in [0.15, 0.2) is 0 Å². The van der Waals surface area contributed by atoms with Gasteiger partial charge in [-0.25, -0.2) is 8.78 Å². The van der Waals surface area contributed by atoms with Crippen LogP contribution in [0, 0.1) is 11.6 Å². The molecule has 1 nitrogen and oxygen atoms in total. The molecule has 1 atom stereocenters. The molecule has 4 heteroatoms. The van der Waals surface area contributed by atoms with Gasteiger partial charge in [0.25, 0.3) is 0 Å². The molecule has 0 heterocycles. The fourth-order valence-corrected chi connectivity index (χ4v) is 2.56. The molecule has 0 spiro atoms. The van der Waals surface area contributed by atoms with Crippen LogP contribution >= 0.6 is 11.6 Å². The third-order valence-corrected chi connectivity index (χ3v) is 3.88. The molecule has 0 saturated heterocycles. The minimum absolute atomic E-state index is 0.0416. The van der Waals surface area contributed by atoms with Gasteiger partial charge in [-0.15, -0.1) is 0 Å². The van der Waals surface area contributed by atoms with Gasteiger partial charge < -0.3 is 5.32 Å². The van der Waals surface area contributed by atoms with E-state index in [1.54, 1.807) is 12.1 Å². The van der Waals surface area contributed by atoms with Gasteiger partial charge >= 0.3 is 0 Å². The molecule has 1 unspecified atom stereocenters. The first-order chi connectivity index (χ1) is 10.1. The summed E-state index contributed by atoms with van der Waals surface area (Å²) in [5.41, 5.74) is 1.63. The molecule has 0 fully saturated rings. The van der Waals surface area contributed by atoms with Gasteiger partial charge in [0, 0.05) is 12.5 Å². The number of rotatable bonds is 6. The summed E-state index contributed by atoms with van der Waals surface area (Å²) in [5, 5.41) is 3.41. The molecule has 2 aromatic carbocycles. The SMILES string of the molecule is CCNCC(Cc1cccc(F)c1Cl)c1cccc(F)c1. The second-order valence-electron chi connectivity index (χ2n) is 4.98. The lowest BCUT2D eigenvalue weighted by atomic mass is 9.91. The first-order valence-electron chi connectivity index (χ1n) is 7.01. The van der Waals surface area contributed by atoms with E-state index in [-0.39, 0.29) is 16.8 Å². The zero-order valence-corrected chi connectivity index (χ0v) is 12.6. The summed E-state index contributed by atoms with van der Waals surface area (Å²) in [7, 11) is 0. The number of hydrogen-bond donors (Lipinski definition) is 1.